The van der Waals surface area contributed by atoms with E-state index >= 15 is 0 Å². The maximum absolute atomic E-state index is 3.77. The number of hydrogen-bond acceptors (Lipinski definition) is 1. The van der Waals surface area contributed by atoms with Gasteiger partial charge in [-0.3, -0.25) is 0 Å². The molecule has 13 heavy (non-hydrogen) atoms. The van der Waals surface area contributed by atoms with Gasteiger partial charge in [0, 0.05) is 9.70 Å². The van der Waals surface area contributed by atoms with Gasteiger partial charge in [0.2, 0.25) is 0 Å². The van der Waals surface area contributed by atoms with Gasteiger partial charge in [0.1, 0.15) is 0 Å². The Bertz CT molecular complexity index is 243. The van der Waals surface area contributed by atoms with Crippen LogP contribution in [0.25, 0.3) is 0 Å². The third kappa shape index (κ3) is 2.57. The van der Waals surface area contributed by atoms with Gasteiger partial charge in [0.25, 0.3) is 0 Å². The summed E-state index contributed by atoms with van der Waals surface area (Å²) in [6.07, 6.45) is 6.90. The van der Waals surface area contributed by atoms with Crippen molar-refractivity contribution in [3.63, 3.8) is 0 Å². The van der Waals surface area contributed by atoms with Gasteiger partial charge in [-0.05, 0) is 36.6 Å². The summed E-state index contributed by atoms with van der Waals surface area (Å²) in [5.41, 5.74) is 0. The Morgan fingerprint density at radius 2 is 2.15 bits per heavy atom. The standard InChI is InChI=1S/C11H15BrS/c12-10-5-2-1-4-9(8-10)11-6-3-7-13-11/h3,6-7,9-10H,1-2,4-5,8H2. The van der Waals surface area contributed by atoms with Crippen molar-refractivity contribution in [3.8, 4) is 0 Å². The predicted molar refractivity (Wildman–Crippen MR) is 62.9 cm³/mol. The molecule has 1 aliphatic rings. The average molecular weight is 259 g/mol. The SMILES string of the molecule is BrC1CCCCC(c2cccs2)C1. The first-order valence-electron chi connectivity index (χ1n) is 5.04. The Kier molecular flexibility index (Phi) is 3.45. The third-order valence-electron chi connectivity index (χ3n) is 2.81. The molecule has 1 saturated carbocycles. The molecular formula is C11H15BrS. The normalized spacial score (nSPS) is 29.9. The highest BCUT2D eigenvalue weighted by molar-refractivity contribution is 9.09. The van der Waals surface area contributed by atoms with Gasteiger partial charge in [0.05, 0.1) is 0 Å². The van der Waals surface area contributed by atoms with E-state index in [-0.39, 0.29) is 0 Å². The zero-order chi connectivity index (χ0) is 9.10. The molecule has 0 amide bonds. The molecule has 1 aromatic heterocycles. The fourth-order valence-electron chi connectivity index (χ4n) is 2.08. The van der Waals surface area contributed by atoms with Crippen molar-refractivity contribution < 1.29 is 0 Å². The molecule has 0 saturated heterocycles. The summed E-state index contributed by atoms with van der Waals surface area (Å²) >= 11 is 5.69. The van der Waals surface area contributed by atoms with E-state index in [1.54, 1.807) is 4.88 Å². The van der Waals surface area contributed by atoms with Crippen LogP contribution in [0.3, 0.4) is 0 Å². The summed E-state index contributed by atoms with van der Waals surface area (Å²) in [5.74, 6) is 0.826. The van der Waals surface area contributed by atoms with E-state index in [0.717, 1.165) is 10.7 Å². The van der Waals surface area contributed by atoms with Gasteiger partial charge < -0.3 is 0 Å². The average Bonchev–Trinajstić information content (AvgIpc) is 2.56. The zero-order valence-corrected chi connectivity index (χ0v) is 10.1. The van der Waals surface area contributed by atoms with Crippen molar-refractivity contribution in [1.82, 2.24) is 0 Å². The van der Waals surface area contributed by atoms with Gasteiger partial charge in [-0.1, -0.05) is 34.8 Å². The molecule has 0 radical (unpaired) electrons. The maximum Gasteiger partial charge on any atom is 0.0151 e. The molecule has 2 atom stereocenters. The lowest BCUT2D eigenvalue weighted by Gasteiger charge is -2.13. The van der Waals surface area contributed by atoms with Crippen molar-refractivity contribution in [1.29, 1.82) is 0 Å². The van der Waals surface area contributed by atoms with Gasteiger partial charge in [-0.15, -0.1) is 11.3 Å². The Hall–Kier alpha value is 0.180. The van der Waals surface area contributed by atoms with Crippen LogP contribution < -0.4 is 0 Å². The largest absolute Gasteiger partial charge is 0.149 e. The van der Waals surface area contributed by atoms with E-state index in [1.165, 1.54) is 32.1 Å². The van der Waals surface area contributed by atoms with Crippen LogP contribution in [0, 0.1) is 0 Å². The molecule has 0 aliphatic heterocycles. The quantitative estimate of drug-likeness (QED) is 0.512. The molecule has 0 bridgehead atoms. The molecule has 1 fully saturated rings. The van der Waals surface area contributed by atoms with Crippen LogP contribution >= 0.6 is 27.3 Å². The molecule has 72 valence electrons. The van der Waals surface area contributed by atoms with Crippen molar-refractivity contribution in [2.24, 2.45) is 0 Å². The lowest BCUT2D eigenvalue weighted by molar-refractivity contribution is 0.609. The molecule has 0 aromatic carbocycles. The van der Waals surface area contributed by atoms with Gasteiger partial charge in [0.15, 0.2) is 0 Å². The molecule has 2 rings (SSSR count). The van der Waals surface area contributed by atoms with Gasteiger partial charge in [-0.25, -0.2) is 0 Å². The van der Waals surface area contributed by atoms with E-state index in [0.29, 0.717) is 0 Å². The minimum absolute atomic E-state index is 0.752. The number of halogens is 1. The second-order valence-corrected chi connectivity index (χ2v) is 6.10. The summed E-state index contributed by atoms with van der Waals surface area (Å²) in [6, 6.07) is 4.47. The highest BCUT2D eigenvalue weighted by atomic mass is 79.9. The van der Waals surface area contributed by atoms with Crippen LogP contribution in [0.2, 0.25) is 0 Å². The lowest BCUT2D eigenvalue weighted by atomic mass is 9.99. The number of hydrogen-bond donors (Lipinski definition) is 0. The molecule has 0 nitrogen and oxygen atoms in total. The van der Waals surface area contributed by atoms with Crippen molar-refractivity contribution >= 4 is 27.3 Å². The first-order valence-corrected chi connectivity index (χ1v) is 6.83. The van der Waals surface area contributed by atoms with Crippen LogP contribution in [0.5, 0.6) is 0 Å². The molecule has 1 heterocycles. The van der Waals surface area contributed by atoms with Gasteiger partial charge >= 0.3 is 0 Å². The van der Waals surface area contributed by atoms with E-state index in [4.69, 9.17) is 0 Å². The summed E-state index contributed by atoms with van der Waals surface area (Å²) in [6.45, 7) is 0. The number of alkyl halides is 1. The van der Waals surface area contributed by atoms with Gasteiger partial charge in [-0.2, -0.15) is 0 Å². The van der Waals surface area contributed by atoms with Crippen molar-refractivity contribution in [3.05, 3.63) is 22.4 Å². The fraction of sp³-hybridized carbons (Fsp3) is 0.636. The van der Waals surface area contributed by atoms with E-state index in [2.05, 4.69) is 33.4 Å². The lowest BCUT2D eigenvalue weighted by Crippen LogP contribution is -2.01. The Balaban J connectivity index is 2.05. The molecule has 2 heteroatoms. The van der Waals surface area contributed by atoms with Crippen molar-refractivity contribution in [2.75, 3.05) is 0 Å². The Morgan fingerprint density at radius 1 is 1.31 bits per heavy atom. The first kappa shape index (κ1) is 9.72. The first-order chi connectivity index (χ1) is 6.36. The molecule has 0 N–H and O–H groups in total. The zero-order valence-electron chi connectivity index (χ0n) is 7.71. The predicted octanol–water partition coefficient (Wildman–Crippen LogP) is 4.56. The Labute approximate surface area is 92.5 Å². The van der Waals surface area contributed by atoms with Crippen LogP contribution in [-0.4, -0.2) is 4.83 Å². The van der Waals surface area contributed by atoms with Crippen LogP contribution in [0.15, 0.2) is 17.5 Å². The molecule has 1 aliphatic carbocycles. The monoisotopic (exact) mass is 258 g/mol. The van der Waals surface area contributed by atoms with Crippen LogP contribution in [0.1, 0.15) is 42.9 Å². The minimum atomic E-state index is 0.752. The van der Waals surface area contributed by atoms with Crippen LogP contribution in [-0.2, 0) is 0 Å². The molecule has 1 aromatic rings. The third-order valence-corrected chi connectivity index (χ3v) is 4.67. The van der Waals surface area contributed by atoms with E-state index in [1.807, 2.05) is 11.3 Å². The molecule has 0 spiro atoms. The highest BCUT2D eigenvalue weighted by Gasteiger charge is 2.19. The number of thiophene rings is 1. The summed E-state index contributed by atoms with van der Waals surface area (Å²) in [4.78, 5) is 2.34. The molecular weight excluding hydrogens is 244 g/mol. The van der Waals surface area contributed by atoms with Crippen molar-refractivity contribution in [2.45, 2.75) is 42.8 Å². The summed E-state index contributed by atoms with van der Waals surface area (Å²) in [5, 5.41) is 2.20. The van der Waals surface area contributed by atoms with Crippen LogP contribution in [0.4, 0.5) is 0 Å². The van der Waals surface area contributed by atoms with E-state index < -0.39 is 0 Å². The summed E-state index contributed by atoms with van der Waals surface area (Å²) < 4.78 is 0. The topological polar surface area (TPSA) is 0 Å². The Morgan fingerprint density at radius 3 is 2.92 bits per heavy atom. The number of rotatable bonds is 1. The molecule has 2 unspecified atom stereocenters. The smallest absolute Gasteiger partial charge is 0.0151 e. The minimum Gasteiger partial charge on any atom is -0.149 e. The summed E-state index contributed by atoms with van der Waals surface area (Å²) in [7, 11) is 0. The van der Waals surface area contributed by atoms with E-state index in [9.17, 15) is 0 Å². The second-order valence-electron chi connectivity index (χ2n) is 3.83. The fourth-order valence-corrected chi connectivity index (χ4v) is 3.74. The second kappa shape index (κ2) is 4.61. The maximum atomic E-state index is 3.77. The highest BCUT2D eigenvalue weighted by Crippen LogP contribution is 2.36.